The van der Waals surface area contributed by atoms with Crippen molar-refractivity contribution < 1.29 is 5.79 Å². The Bertz CT molecular complexity index is 626. The lowest BCUT2D eigenvalue weighted by Gasteiger charge is -1.93. The second kappa shape index (κ2) is 3.28. The van der Waals surface area contributed by atoms with E-state index in [1.54, 1.807) is 0 Å². The van der Waals surface area contributed by atoms with Gasteiger partial charge in [0.15, 0.2) is 0 Å². The Morgan fingerprint density at radius 3 is 2.40 bits per heavy atom. The van der Waals surface area contributed by atoms with Gasteiger partial charge in [0.2, 0.25) is 0 Å². The highest BCUT2D eigenvalue weighted by Crippen LogP contribution is 2.27. The Balaban J connectivity index is 2.29. The smallest absolute Gasteiger partial charge is 0.135 e. The molecular formula is C14H10O. The van der Waals surface area contributed by atoms with Crippen LogP contribution in [0.25, 0.3) is 22.3 Å². The normalized spacial score (nSPS) is 11.6. The van der Waals surface area contributed by atoms with Gasteiger partial charge in [-0.1, -0.05) is 48.5 Å². The third-order valence-corrected chi connectivity index (χ3v) is 2.38. The van der Waals surface area contributed by atoms with Crippen LogP contribution in [0.15, 0.2) is 65.1 Å². The van der Waals surface area contributed by atoms with Gasteiger partial charge in [-0.2, -0.15) is 0 Å². The summed E-state index contributed by atoms with van der Waals surface area (Å²) in [5.41, 5.74) is 1.72. The van der Waals surface area contributed by atoms with Crippen molar-refractivity contribution in [3.05, 3.63) is 60.6 Å². The van der Waals surface area contributed by atoms with Crippen molar-refractivity contribution in [1.29, 1.82) is 0 Å². The van der Waals surface area contributed by atoms with Crippen molar-refractivity contribution in [2.75, 3.05) is 0 Å². The Kier molecular flexibility index (Phi) is 1.60. The largest absolute Gasteiger partial charge is 0.456 e. The lowest BCUT2D eigenvalue weighted by Crippen LogP contribution is -1.69. The van der Waals surface area contributed by atoms with Crippen LogP contribution in [0, 0.1) is 0 Å². The summed E-state index contributed by atoms with van der Waals surface area (Å²) in [6.07, 6.45) is 0. The van der Waals surface area contributed by atoms with E-state index in [1.165, 1.54) is 0 Å². The molecule has 72 valence electrons. The molecule has 0 amide bonds. The molecule has 0 aliphatic rings. The van der Waals surface area contributed by atoms with Gasteiger partial charge in [-0.3, -0.25) is 0 Å². The lowest BCUT2D eigenvalue weighted by atomic mass is 10.1. The predicted octanol–water partition coefficient (Wildman–Crippen LogP) is 4.10. The summed E-state index contributed by atoms with van der Waals surface area (Å²) in [7, 11) is 0. The standard InChI is InChI=1S/C14H10O/c1-2-6-11(7-3-1)14-10-12-8-4-5-9-13(12)15-14/h1-10H/i10D. The molecule has 0 N–H and O–H groups in total. The average molecular weight is 195 g/mol. The van der Waals surface area contributed by atoms with Gasteiger partial charge < -0.3 is 4.42 Å². The summed E-state index contributed by atoms with van der Waals surface area (Å²) in [6, 6.07) is 17.9. The zero-order valence-electron chi connectivity index (χ0n) is 9.10. The molecule has 3 aromatic rings. The number of para-hydroxylation sites is 1. The molecule has 0 unspecified atom stereocenters. The van der Waals surface area contributed by atoms with Gasteiger partial charge in [-0.25, -0.2) is 0 Å². The summed E-state index contributed by atoms with van der Waals surface area (Å²) >= 11 is 0. The van der Waals surface area contributed by atoms with E-state index in [9.17, 15) is 0 Å². The third kappa shape index (κ3) is 1.42. The molecule has 0 atom stereocenters. The SMILES string of the molecule is [2H]c1c(-c2ccccc2)oc2ccccc12. The van der Waals surface area contributed by atoms with Crippen molar-refractivity contribution in [3.8, 4) is 11.3 Å². The molecule has 1 nitrogen and oxygen atoms in total. The molecule has 0 saturated carbocycles. The van der Waals surface area contributed by atoms with Crippen LogP contribution >= 0.6 is 0 Å². The summed E-state index contributed by atoms with van der Waals surface area (Å²) in [5, 5.41) is 0.862. The number of fused-ring (bicyclic) bond motifs is 1. The van der Waals surface area contributed by atoms with Crippen molar-refractivity contribution >= 4 is 11.0 Å². The molecule has 1 heterocycles. The maximum absolute atomic E-state index is 8.06. The quantitative estimate of drug-likeness (QED) is 0.569. The zero-order valence-corrected chi connectivity index (χ0v) is 8.10. The first-order valence-electron chi connectivity index (χ1n) is 5.40. The van der Waals surface area contributed by atoms with Gasteiger partial charge in [0.1, 0.15) is 11.3 Å². The minimum Gasteiger partial charge on any atom is -0.456 e. The second-order valence-corrected chi connectivity index (χ2v) is 3.42. The van der Waals surface area contributed by atoms with Gasteiger partial charge in [-0.05, 0) is 12.1 Å². The van der Waals surface area contributed by atoms with Gasteiger partial charge in [0.25, 0.3) is 0 Å². The molecule has 3 rings (SSSR count). The fraction of sp³-hybridized carbons (Fsp3) is 0. The van der Waals surface area contributed by atoms with Crippen LogP contribution in [-0.2, 0) is 0 Å². The molecule has 0 aliphatic carbocycles. The maximum atomic E-state index is 8.06. The molecular weight excluding hydrogens is 184 g/mol. The van der Waals surface area contributed by atoms with Crippen LogP contribution in [0.2, 0.25) is 0 Å². The highest BCUT2D eigenvalue weighted by atomic mass is 16.3. The summed E-state index contributed by atoms with van der Waals surface area (Å²) < 4.78 is 13.8. The Labute approximate surface area is 89.4 Å². The highest BCUT2D eigenvalue weighted by Gasteiger charge is 2.03. The maximum Gasteiger partial charge on any atom is 0.135 e. The van der Waals surface area contributed by atoms with Crippen molar-refractivity contribution in [2.45, 2.75) is 0 Å². The molecule has 0 radical (unpaired) electrons. The minimum atomic E-state index is 0.460. The number of hydrogen-bond acceptors (Lipinski definition) is 1. The monoisotopic (exact) mass is 195 g/mol. The summed E-state index contributed by atoms with van der Waals surface area (Å²) in [4.78, 5) is 0. The van der Waals surface area contributed by atoms with Gasteiger partial charge in [-0.15, -0.1) is 0 Å². The van der Waals surface area contributed by atoms with Crippen LogP contribution in [0.5, 0.6) is 0 Å². The van der Waals surface area contributed by atoms with Crippen LogP contribution in [0.1, 0.15) is 1.37 Å². The predicted molar refractivity (Wildman–Crippen MR) is 61.7 cm³/mol. The first-order chi connectivity index (χ1) is 7.86. The number of benzene rings is 2. The van der Waals surface area contributed by atoms with Crippen LogP contribution in [-0.4, -0.2) is 0 Å². The number of rotatable bonds is 1. The van der Waals surface area contributed by atoms with Gasteiger partial charge >= 0.3 is 0 Å². The summed E-state index contributed by atoms with van der Waals surface area (Å²) in [6.45, 7) is 0. The van der Waals surface area contributed by atoms with E-state index < -0.39 is 0 Å². The first kappa shape index (κ1) is 7.30. The first-order valence-corrected chi connectivity index (χ1v) is 4.90. The molecule has 0 bridgehead atoms. The van der Waals surface area contributed by atoms with E-state index in [0.29, 0.717) is 11.8 Å². The molecule has 1 heteroatoms. The fourth-order valence-electron chi connectivity index (χ4n) is 1.64. The molecule has 0 fully saturated rings. The van der Waals surface area contributed by atoms with Crippen LogP contribution in [0.4, 0.5) is 0 Å². The van der Waals surface area contributed by atoms with Crippen LogP contribution < -0.4 is 0 Å². The topological polar surface area (TPSA) is 13.1 Å². The number of furan rings is 1. The number of hydrogen-bond donors (Lipinski definition) is 0. The third-order valence-electron chi connectivity index (χ3n) is 2.38. The van der Waals surface area contributed by atoms with Crippen molar-refractivity contribution in [3.63, 3.8) is 0 Å². The molecule has 0 spiro atoms. The average Bonchev–Trinajstić information content (AvgIpc) is 2.69. The van der Waals surface area contributed by atoms with Crippen molar-refractivity contribution in [1.82, 2.24) is 0 Å². The zero-order chi connectivity index (χ0) is 11.0. The van der Waals surface area contributed by atoms with E-state index in [-0.39, 0.29) is 0 Å². The Hall–Kier alpha value is -2.02. The lowest BCUT2D eigenvalue weighted by molar-refractivity contribution is 0.631. The molecule has 1 aromatic heterocycles. The highest BCUT2D eigenvalue weighted by molar-refractivity contribution is 5.82. The van der Waals surface area contributed by atoms with E-state index in [2.05, 4.69) is 0 Å². The minimum absolute atomic E-state index is 0.460. The molecule has 0 saturated heterocycles. The van der Waals surface area contributed by atoms with E-state index >= 15 is 0 Å². The fourth-order valence-corrected chi connectivity index (χ4v) is 1.64. The molecule has 0 aliphatic heterocycles. The molecule has 2 aromatic carbocycles. The van der Waals surface area contributed by atoms with E-state index in [4.69, 9.17) is 5.79 Å². The molecule has 15 heavy (non-hydrogen) atoms. The Morgan fingerprint density at radius 2 is 1.60 bits per heavy atom. The second-order valence-electron chi connectivity index (χ2n) is 3.42. The van der Waals surface area contributed by atoms with Gasteiger partial charge in [0.05, 0.1) is 1.37 Å². The van der Waals surface area contributed by atoms with Crippen LogP contribution in [0.3, 0.4) is 0 Å². The van der Waals surface area contributed by atoms with E-state index in [0.717, 1.165) is 16.5 Å². The van der Waals surface area contributed by atoms with E-state index in [1.807, 2.05) is 54.6 Å². The summed E-state index contributed by atoms with van der Waals surface area (Å²) in [5.74, 6) is 0.641. The van der Waals surface area contributed by atoms with Gasteiger partial charge in [0, 0.05) is 10.9 Å². The Morgan fingerprint density at radius 1 is 0.867 bits per heavy atom. The van der Waals surface area contributed by atoms with Crippen molar-refractivity contribution in [2.24, 2.45) is 0 Å².